The van der Waals surface area contributed by atoms with E-state index in [1.165, 1.54) is 0 Å². The SMILES string of the molecule is Clc1nc(-c2ccc(Br)cn2)nc(Cl)c1Br. The fourth-order valence-corrected chi connectivity index (χ4v) is 1.82. The monoisotopic (exact) mass is 381 g/mol. The predicted molar refractivity (Wildman–Crippen MR) is 70.7 cm³/mol. The fourth-order valence-electron chi connectivity index (χ4n) is 1.02. The number of aromatic nitrogens is 3. The van der Waals surface area contributed by atoms with Gasteiger partial charge in [-0.3, -0.25) is 4.98 Å². The summed E-state index contributed by atoms with van der Waals surface area (Å²) in [4.78, 5) is 12.3. The minimum Gasteiger partial charge on any atom is -0.252 e. The Labute approximate surface area is 118 Å². The molecular weight excluding hydrogens is 381 g/mol. The van der Waals surface area contributed by atoms with E-state index in [1.807, 2.05) is 6.07 Å². The van der Waals surface area contributed by atoms with Gasteiger partial charge in [0.05, 0.1) is 4.47 Å². The van der Waals surface area contributed by atoms with Crippen LogP contribution in [-0.2, 0) is 0 Å². The minimum absolute atomic E-state index is 0.264. The quantitative estimate of drug-likeness (QED) is 0.686. The van der Waals surface area contributed by atoms with Crippen molar-refractivity contribution in [2.24, 2.45) is 0 Å². The number of rotatable bonds is 1. The molecular formula is C9H3Br2Cl2N3. The third-order valence-corrected chi connectivity index (χ3v) is 3.95. The Morgan fingerprint density at radius 3 is 2.12 bits per heavy atom. The van der Waals surface area contributed by atoms with E-state index in [-0.39, 0.29) is 10.3 Å². The molecule has 0 amide bonds. The maximum absolute atomic E-state index is 5.88. The molecule has 82 valence electrons. The highest BCUT2D eigenvalue weighted by Crippen LogP contribution is 2.29. The second kappa shape index (κ2) is 4.96. The van der Waals surface area contributed by atoms with Crippen LogP contribution in [0.2, 0.25) is 10.3 Å². The van der Waals surface area contributed by atoms with Crippen LogP contribution in [-0.4, -0.2) is 15.0 Å². The van der Waals surface area contributed by atoms with Gasteiger partial charge in [-0.05, 0) is 44.0 Å². The third-order valence-electron chi connectivity index (χ3n) is 1.73. The lowest BCUT2D eigenvalue weighted by molar-refractivity contribution is 1.13. The van der Waals surface area contributed by atoms with Crippen LogP contribution in [0.4, 0.5) is 0 Å². The van der Waals surface area contributed by atoms with Gasteiger partial charge in [0, 0.05) is 10.7 Å². The molecule has 2 rings (SSSR count). The number of pyridine rings is 1. The summed E-state index contributed by atoms with van der Waals surface area (Å²) in [6, 6.07) is 3.62. The molecule has 16 heavy (non-hydrogen) atoms. The first-order valence-corrected chi connectivity index (χ1v) is 6.42. The van der Waals surface area contributed by atoms with Gasteiger partial charge in [-0.2, -0.15) is 0 Å². The van der Waals surface area contributed by atoms with Crippen molar-refractivity contribution in [3.8, 4) is 11.5 Å². The van der Waals surface area contributed by atoms with Crippen molar-refractivity contribution in [3.05, 3.63) is 37.6 Å². The summed E-state index contributed by atoms with van der Waals surface area (Å²) >= 11 is 18.2. The molecule has 0 bridgehead atoms. The summed E-state index contributed by atoms with van der Waals surface area (Å²) in [5, 5.41) is 0.527. The van der Waals surface area contributed by atoms with Crippen LogP contribution in [0, 0.1) is 0 Å². The first-order valence-electron chi connectivity index (χ1n) is 4.08. The summed E-state index contributed by atoms with van der Waals surface area (Å²) in [6.07, 6.45) is 1.66. The number of hydrogen-bond donors (Lipinski definition) is 0. The summed E-state index contributed by atoms with van der Waals surface area (Å²) < 4.78 is 1.36. The number of nitrogens with zero attached hydrogens (tertiary/aromatic N) is 3. The normalized spacial score (nSPS) is 10.5. The van der Waals surface area contributed by atoms with Gasteiger partial charge < -0.3 is 0 Å². The fraction of sp³-hybridized carbons (Fsp3) is 0. The average Bonchev–Trinajstić information content (AvgIpc) is 2.26. The third kappa shape index (κ3) is 2.53. The standard InChI is InChI=1S/C9H3Br2Cl2N3/c10-4-1-2-5(14-3-4)9-15-7(12)6(11)8(13)16-9/h1-3H. The summed E-state index contributed by atoms with van der Waals surface area (Å²) in [7, 11) is 0. The van der Waals surface area contributed by atoms with Gasteiger partial charge in [0.1, 0.15) is 16.0 Å². The topological polar surface area (TPSA) is 38.7 Å². The van der Waals surface area contributed by atoms with Crippen LogP contribution in [0.5, 0.6) is 0 Å². The Morgan fingerprint density at radius 1 is 1.00 bits per heavy atom. The lowest BCUT2D eigenvalue weighted by Gasteiger charge is -2.02. The van der Waals surface area contributed by atoms with E-state index in [1.54, 1.807) is 12.3 Å². The molecule has 0 aromatic carbocycles. The van der Waals surface area contributed by atoms with Gasteiger partial charge in [-0.25, -0.2) is 9.97 Å². The van der Waals surface area contributed by atoms with Gasteiger partial charge in [-0.1, -0.05) is 23.2 Å². The van der Waals surface area contributed by atoms with Gasteiger partial charge in [0.15, 0.2) is 5.82 Å². The highest BCUT2D eigenvalue weighted by atomic mass is 79.9. The van der Waals surface area contributed by atoms with Crippen molar-refractivity contribution in [2.75, 3.05) is 0 Å². The first kappa shape index (κ1) is 12.2. The Bertz CT molecular complexity index is 508. The molecule has 0 aliphatic rings. The van der Waals surface area contributed by atoms with Crippen LogP contribution in [0.1, 0.15) is 0 Å². The van der Waals surface area contributed by atoms with E-state index >= 15 is 0 Å². The molecule has 0 unspecified atom stereocenters. The molecule has 0 aliphatic carbocycles. The predicted octanol–water partition coefficient (Wildman–Crippen LogP) is 4.37. The molecule has 0 saturated carbocycles. The number of hydrogen-bond acceptors (Lipinski definition) is 3. The number of halogens is 4. The summed E-state index contributed by atoms with van der Waals surface area (Å²) in [5.74, 6) is 0.394. The van der Waals surface area contributed by atoms with Crippen LogP contribution >= 0.6 is 55.1 Å². The van der Waals surface area contributed by atoms with Crippen LogP contribution in [0.3, 0.4) is 0 Å². The zero-order valence-corrected chi connectivity index (χ0v) is 12.3. The van der Waals surface area contributed by atoms with Crippen molar-refractivity contribution >= 4 is 55.1 Å². The molecule has 0 N–H and O–H groups in total. The van der Waals surface area contributed by atoms with Gasteiger partial charge in [0.2, 0.25) is 0 Å². The molecule has 0 aliphatic heterocycles. The molecule has 0 fully saturated rings. The molecule has 7 heteroatoms. The van der Waals surface area contributed by atoms with Crippen molar-refractivity contribution in [1.82, 2.24) is 15.0 Å². The molecule has 0 spiro atoms. The molecule has 2 aromatic rings. The van der Waals surface area contributed by atoms with Crippen molar-refractivity contribution < 1.29 is 0 Å². The highest BCUT2D eigenvalue weighted by molar-refractivity contribution is 9.10. The van der Waals surface area contributed by atoms with E-state index < -0.39 is 0 Å². The molecule has 0 atom stereocenters. The van der Waals surface area contributed by atoms with Crippen LogP contribution < -0.4 is 0 Å². The Balaban J connectivity index is 2.52. The first-order chi connectivity index (χ1) is 7.58. The van der Waals surface area contributed by atoms with Crippen molar-refractivity contribution in [2.45, 2.75) is 0 Å². The summed E-state index contributed by atoms with van der Waals surface area (Å²) in [6.45, 7) is 0. The maximum Gasteiger partial charge on any atom is 0.181 e. The average molecular weight is 384 g/mol. The Hall–Kier alpha value is -0.230. The Morgan fingerprint density at radius 2 is 1.62 bits per heavy atom. The van der Waals surface area contributed by atoms with Crippen molar-refractivity contribution in [1.29, 1.82) is 0 Å². The maximum atomic E-state index is 5.88. The van der Waals surface area contributed by atoms with E-state index in [4.69, 9.17) is 23.2 Å². The van der Waals surface area contributed by atoms with Gasteiger partial charge in [-0.15, -0.1) is 0 Å². The van der Waals surface area contributed by atoms with Crippen LogP contribution in [0.25, 0.3) is 11.5 Å². The second-order valence-electron chi connectivity index (χ2n) is 2.80. The van der Waals surface area contributed by atoms with E-state index in [0.717, 1.165) is 4.47 Å². The lowest BCUT2D eigenvalue weighted by Crippen LogP contribution is -1.93. The molecule has 2 aromatic heterocycles. The van der Waals surface area contributed by atoms with E-state index in [2.05, 4.69) is 46.8 Å². The molecule has 3 nitrogen and oxygen atoms in total. The van der Waals surface area contributed by atoms with Gasteiger partial charge >= 0.3 is 0 Å². The van der Waals surface area contributed by atoms with Crippen molar-refractivity contribution in [3.63, 3.8) is 0 Å². The van der Waals surface area contributed by atoms with Crippen LogP contribution in [0.15, 0.2) is 27.3 Å². The largest absolute Gasteiger partial charge is 0.252 e. The summed E-state index contributed by atoms with van der Waals surface area (Å²) in [5.41, 5.74) is 0.611. The lowest BCUT2D eigenvalue weighted by atomic mass is 10.3. The highest BCUT2D eigenvalue weighted by Gasteiger charge is 2.11. The van der Waals surface area contributed by atoms with E-state index in [0.29, 0.717) is 16.0 Å². The Kier molecular flexibility index (Phi) is 3.79. The second-order valence-corrected chi connectivity index (χ2v) is 5.23. The molecule has 0 radical (unpaired) electrons. The van der Waals surface area contributed by atoms with E-state index in [9.17, 15) is 0 Å². The smallest absolute Gasteiger partial charge is 0.181 e. The molecule has 0 saturated heterocycles. The zero-order chi connectivity index (χ0) is 11.7. The van der Waals surface area contributed by atoms with Gasteiger partial charge in [0.25, 0.3) is 0 Å². The minimum atomic E-state index is 0.264. The molecule has 2 heterocycles. The zero-order valence-electron chi connectivity index (χ0n) is 7.59.